The maximum Gasteiger partial charge on any atom is 0.133 e. The van der Waals surface area contributed by atoms with E-state index in [0.29, 0.717) is 17.3 Å². The van der Waals surface area contributed by atoms with Crippen LogP contribution in [0.15, 0.2) is 47.4 Å². The summed E-state index contributed by atoms with van der Waals surface area (Å²) in [5, 5.41) is 0.668. The zero-order valence-electron chi connectivity index (χ0n) is 10.0. The van der Waals surface area contributed by atoms with E-state index in [1.165, 1.54) is 0 Å². The number of benzene rings is 2. The smallest absolute Gasteiger partial charge is 0.133 e. The number of nitrogen functional groups attached to an aromatic ring is 1. The first-order valence-electron chi connectivity index (χ1n) is 5.50. The van der Waals surface area contributed by atoms with Crippen molar-refractivity contribution in [2.24, 2.45) is 0 Å². The number of hydrogen-bond acceptors (Lipinski definition) is 3. The monoisotopic (exact) mass is 279 g/mol. The van der Waals surface area contributed by atoms with E-state index in [1.54, 1.807) is 23.9 Å². The Morgan fingerprint density at radius 1 is 1.22 bits per heavy atom. The Balaban J connectivity index is 2.14. The molecule has 0 radical (unpaired) electrons. The van der Waals surface area contributed by atoms with E-state index < -0.39 is 0 Å². The van der Waals surface area contributed by atoms with Gasteiger partial charge in [0.2, 0.25) is 0 Å². The number of thioether (sulfide) groups is 1. The molecule has 94 valence electrons. The molecule has 0 amide bonds. The number of rotatable bonds is 4. The van der Waals surface area contributed by atoms with Crippen molar-refractivity contribution in [1.29, 1.82) is 0 Å². The predicted octanol–water partition coefficient (Wildman–Crippen LogP) is 4.22. The highest BCUT2D eigenvalue weighted by Gasteiger charge is 2.04. The van der Waals surface area contributed by atoms with Crippen LogP contribution in [0.5, 0.6) is 5.75 Å². The predicted molar refractivity (Wildman–Crippen MR) is 78.4 cm³/mol. The van der Waals surface area contributed by atoms with Crippen molar-refractivity contribution in [3.63, 3.8) is 0 Å². The van der Waals surface area contributed by atoms with Gasteiger partial charge in [-0.25, -0.2) is 0 Å². The van der Waals surface area contributed by atoms with Gasteiger partial charge in [-0.15, -0.1) is 11.8 Å². The van der Waals surface area contributed by atoms with Crippen molar-refractivity contribution in [2.45, 2.75) is 11.5 Å². The zero-order chi connectivity index (χ0) is 13.0. The van der Waals surface area contributed by atoms with Gasteiger partial charge < -0.3 is 10.5 Å². The molecule has 0 saturated carbocycles. The molecule has 2 rings (SSSR count). The van der Waals surface area contributed by atoms with E-state index in [1.807, 2.05) is 36.6 Å². The number of hydrogen-bond donors (Lipinski definition) is 1. The zero-order valence-corrected chi connectivity index (χ0v) is 11.6. The highest BCUT2D eigenvalue weighted by atomic mass is 35.5. The van der Waals surface area contributed by atoms with Crippen LogP contribution in [-0.4, -0.2) is 6.26 Å². The van der Waals surface area contributed by atoms with Crippen LogP contribution in [0.2, 0.25) is 5.02 Å². The van der Waals surface area contributed by atoms with Crippen LogP contribution >= 0.6 is 23.4 Å². The summed E-state index contributed by atoms with van der Waals surface area (Å²) in [6, 6.07) is 13.3. The minimum absolute atomic E-state index is 0.421. The molecule has 0 saturated heterocycles. The van der Waals surface area contributed by atoms with Gasteiger partial charge in [-0.1, -0.05) is 23.7 Å². The maximum atomic E-state index is 5.94. The molecule has 2 N–H and O–H groups in total. The average Bonchev–Trinajstić information content (AvgIpc) is 2.40. The Morgan fingerprint density at radius 2 is 2.00 bits per heavy atom. The molecule has 0 fully saturated rings. The second-order valence-electron chi connectivity index (χ2n) is 3.78. The Kier molecular flexibility index (Phi) is 4.39. The van der Waals surface area contributed by atoms with E-state index in [2.05, 4.69) is 0 Å². The summed E-state index contributed by atoms with van der Waals surface area (Å²) in [5.74, 6) is 0.865. The third kappa shape index (κ3) is 3.12. The standard InChI is InChI=1S/C14H14ClNOS/c1-18-14-5-3-2-4-13(14)17-9-10-8-11(15)6-7-12(10)16/h2-8H,9,16H2,1H3. The molecule has 18 heavy (non-hydrogen) atoms. The molecule has 0 aliphatic rings. The normalized spacial score (nSPS) is 10.3. The first-order chi connectivity index (χ1) is 8.70. The van der Waals surface area contributed by atoms with Gasteiger partial charge in [0.1, 0.15) is 12.4 Å². The Hall–Kier alpha value is -1.32. The topological polar surface area (TPSA) is 35.2 Å². The van der Waals surface area contributed by atoms with Gasteiger partial charge in [0, 0.05) is 21.2 Å². The molecular weight excluding hydrogens is 266 g/mol. The lowest BCUT2D eigenvalue weighted by Crippen LogP contribution is -2.00. The quantitative estimate of drug-likeness (QED) is 0.672. The van der Waals surface area contributed by atoms with Crippen molar-refractivity contribution in [1.82, 2.24) is 0 Å². The number of ether oxygens (including phenoxy) is 1. The van der Waals surface area contributed by atoms with Crippen molar-refractivity contribution >= 4 is 29.1 Å². The summed E-state index contributed by atoms with van der Waals surface area (Å²) in [5.41, 5.74) is 7.48. The molecule has 0 atom stereocenters. The van der Waals surface area contributed by atoms with E-state index in [4.69, 9.17) is 22.1 Å². The third-order valence-corrected chi connectivity index (χ3v) is 3.57. The van der Waals surface area contributed by atoms with Crippen molar-refractivity contribution < 1.29 is 4.74 Å². The van der Waals surface area contributed by atoms with E-state index in [-0.39, 0.29) is 0 Å². The van der Waals surface area contributed by atoms with Crippen LogP contribution in [0.1, 0.15) is 5.56 Å². The van der Waals surface area contributed by atoms with Gasteiger partial charge in [0.05, 0.1) is 0 Å². The highest BCUT2D eigenvalue weighted by Crippen LogP contribution is 2.28. The lowest BCUT2D eigenvalue weighted by Gasteiger charge is -2.11. The number of nitrogens with two attached hydrogens (primary N) is 1. The number of anilines is 1. The lowest BCUT2D eigenvalue weighted by atomic mass is 10.2. The lowest BCUT2D eigenvalue weighted by molar-refractivity contribution is 0.299. The van der Waals surface area contributed by atoms with Crippen LogP contribution in [0.25, 0.3) is 0 Å². The number of para-hydroxylation sites is 1. The molecule has 2 nitrogen and oxygen atoms in total. The second kappa shape index (κ2) is 6.03. The molecule has 0 bridgehead atoms. The van der Waals surface area contributed by atoms with Gasteiger partial charge >= 0.3 is 0 Å². The van der Waals surface area contributed by atoms with Gasteiger partial charge in [0.25, 0.3) is 0 Å². The van der Waals surface area contributed by atoms with E-state index in [0.717, 1.165) is 16.2 Å². The van der Waals surface area contributed by atoms with Crippen molar-refractivity contribution in [3.05, 3.63) is 53.1 Å². The molecule has 2 aromatic carbocycles. The van der Waals surface area contributed by atoms with Crippen LogP contribution < -0.4 is 10.5 Å². The van der Waals surface area contributed by atoms with Gasteiger partial charge in [-0.05, 0) is 36.6 Å². The van der Waals surface area contributed by atoms with Crippen LogP contribution in [0.3, 0.4) is 0 Å². The Bertz CT molecular complexity index is 545. The van der Waals surface area contributed by atoms with Crippen LogP contribution in [0.4, 0.5) is 5.69 Å². The molecule has 0 aliphatic heterocycles. The first kappa shape index (κ1) is 13.1. The summed E-state index contributed by atoms with van der Waals surface area (Å²) in [4.78, 5) is 1.11. The maximum absolute atomic E-state index is 5.94. The van der Waals surface area contributed by atoms with Gasteiger partial charge in [-0.2, -0.15) is 0 Å². The Morgan fingerprint density at radius 3 is 2.78 bits per heavy atom. The third-order valence-electron chi connectivity index (χ3n) is 2.56. The molecule has 0 aromatic heterocycles. The van der Waals surface area contributed by atoms with E-state index >= 15 is 0 Å². The second-order valence-corrected chi connectivity index (χ2v) is 5.07. The van der Waals surface area contributed by atoms with Gasteiger partial charge in [-0.3, -0.25) is 0 Å². The van der Waals surface area contributed by atoms with E-state index in [9.17, 15) is 0 Å². The highest BCUT2D eigenvalue weighted by molar-refractivity contribution is 7.98. The summed E-state index contributed by atoms with van der Waals surface area (Å²) in [6.07, 6.45) is 2.02. The summed E-state index contributed by atoms with van der Waals surface area (Å²) < 4.78 is 5.79. The molecule has 0 heterocycles. The molecular formula is C14H14ClNOS. The molecule has 0 spiro atoms. The summed E-state index contributed by atoms with van der Waals surface area (Å²) in [7, 11) is 0. The minimum atomic E-state index is 0.421. The Labute approximate surface area is 116 Å². The SMILES string of the molecule is CSc1ccccc1OCc1cc(Cl)ccc1N. The fourth-order valence-electron chi connectivity index (χ4n) is 1.59. The average molecular weight is 280 g/mol. The largest absolute Gasteiger partial charge is 0.488 e. The van der Waals surface area contributed by atoms with Crippen molar-refractivity contribution in [2.75, 3.05) is 12.0 Å². The van der Waals surface area contributed by atoms with Crippen LogP contribution in [0, 0.1) is 0 Å². The van der Waals surface area contributed by atoms with Crippen LogP contribution in [-0.2, 0) is 6.61 Å². The fourth-order valence-corrected chi connectivity index (χ4v) is 2.33. The van der Waals surface area contributed by atoms with Crippen molar-refractivity contribution in [3.8, 4) is 5.75 Å². The fraction of sp³-hybridized carbons (Fsp3) is 0.143. The summed E-state index contributed by atoms with van der Waals surface area (Å²) in [6.45, 7) is 0.421. The first-order valence-corrected chi connectivity index (χ1v) is 7.10. The molecule has 0 aliphatic carbocycles. The van der Waals surface area contributed by atoms with Gasteiger partial charge in [0.15, 0.2) is 0 Å². The molecule has 2 aromatic rings. The summed E-state index contributed by atoms with van der Waals surface area (Å²) >= 11 is 7.60. The molecule has 0 unspecified atom stereocenters. The molecule has 4 heteroatoms. The number of halogens is 1. The minimum Gasteiger partial charge on any atom is -0.488 e.